The summed E-state index contributed by atoms with van der Waals surface area (Å²) in [6, 6.07) is 13.2. The van der Waals surface area contributed by atoms with E-state index in [2.05, 4.69) is 9.98 Å². The number of carbonyl (C=O) groups is 1. The maximum absolute atomic E-state index is 12.2. The highest BCUT2D eigenvalue weighted by Gasteiger charge is 2.20. The lowest BCUT2D eigenvalue weighted by molar-refractivity contribution is -0.371. The van der Waals surface area contributed by atoms with Crippen LogP contribution >= 0.6 is 0 Å². The molecule has 2 aromatic carbocycles. The number of rotatable bonds is 4. The number of para-hydroxylation sites is 2. The number of hydrogen-bond donors (Lipinski definition) is 2. The molecule has 0 aliphatic rings. The van der Waals surface area contributed by atoms with Crippen molar-refractivity contribution < 1.29 is 18.2 Å². The molecule has 7 nitrogen and oxygen atoms in total. The number of benzene rings is 2. The molecule has 0 unspecified atom stereocenters. The lowest BCUT2D eigenvalue weighted by Gasteiger charge is -2.01. The molecule has 0 saturated heterocycles. The van der Waals surface area contributed by atoms with Crippen LogP contribution in [-0.2, 0) is 14.6 Å². The van der Waals surface area contributed by atoms with Crippen LogP contribution in [0.5, 0.6) is 0 Å². The van der Waals surface area contributed by atoms with Crippen LogP contribution in [0.25, 0.3) is 11.0 Å². The maximum atomic E-state index is 12.2. The third-order valence-corrected chi connectivity index (χ3v) is 5.31. The Kier molecular flexibility index (Phi) is 4.37. The minimum absolute atomic E-state index is 0.0810. The maximum Gasteiger partial charge on any atom is 0.418 e. The van der Waals surface area contributed by atoms with Gasteiger partial charge in [-0.1, -0.05) is 29.8 Å². The summed E-state index contributed by atoms with van der Waals surface area (Å²) >= 11 is 0. The van der Waals surface area contributed by atoms with Crippen LogP contribution in [0.15, 0.2) is 58.2 Å². The van der Waals surface area contributed by atoms with Crippen LogP contribution < -0.4 is 10.7 Å². The van der Waals surface area contributed by atoms with Gasteiger partial charge in [0.05, 0.1) is 10.4 Å². The molecule has 8 heteroatoms. The van der Waals surface area contributed by atoms with Crippen molar-refractivity contribution >= 4 is 33.1 Å². The first-order valence-electron chi connectivity index (χ1n) is 7.48. The molecule has 0 radical (unpaired) electrons. The molecule has 3 rings (SSSR count). The first kappa shape index (κ1) is 16.8. The van der Waals surface area contributed by atoms with E-state index in [1.54, 1.807) is 36.4 Å². The van der Waals surface area contributed by atoms with Gasteiger partial charge >= 0.3 is 11.6 Å². The number of aromatic nitrogens is 2. The fraction of sp³-hybridized carbons (Fsp3) is 0.118. The van der Waals surface area contributed by atoms with Gasteiger partial charge in [-0.05, 0) is 31.2 Å². The topological polar surface area (TPSA) is 103 Å². The Morgan fingerprint density at radius 3 is 2.56 bits per heavy atom. The smallest absolute Gasteiger partial charge is 0.283 e. The fourth-order valence-electron chi connectivity index (χ4n) is 2.38. The molecule has 1 heterocycles. The molecule has 128 valence electrons. The van der Waals surface area contributed by atoms with Crippen molar-refractivity contribution in [3.05, 3.63) is 64.6 Å². The molecule has 0 bridgehead atoms. The molecule has 3 aromatic rings. The number of hydrogen-bond acceptors (Lipinski definition) is 4. The highest BCUT2D eigenvalue weighted by molar-refractivity contribution is 7.92. The predicted octanol–water partition coefficient (Wildman–Crippen LogP) is -0.404. The van der Waals surface area contributed by atoms with Gasteiger partial charge in [-0.2, -0.15) is 0 Å². The summed E-state index contributed by atoms with van der Waals surface area (Å²) in [4.78, 5) is 29.0. The molecule has 0 fully saturated rings. The standard InChI is InChI=1S/C17H15N3O4S/c1-12-6-8-13(9-7-12)25(23,24)10-16(21)18-11-20-15-5-3-2-4-14(15)19-17(20)22/h2-9,11H,10H2,1H3,(H,19,22)/p+1. The van der Waals surface area contributed by atoms with E-state index in [1.807, 2.05) is 6.92 Å². The van der Waals surface area contributed by atoms with Crippen LogP contribution in [0.3, 0.4) is 0 Å². The van der Waals surface area contributed by atoms with E-state index in [0.29, 0.717) is 11.0 Å². The molecule has 1 amide bonds. The molecule has 0 spiro atoms. The number of nitrogens with one attached hydrogen (secondary N) is 2. The van der Waals surface area contributed by atoms with Crippen molar-refractivity contribution in [2.24, 2.45) is 0 Å². The minimum Gasteiger partial charge on any atom is -0.283 e. The Balaban J connectivity index is 1.82. The van der Waals surface area contributed by atoms with Gasteiger partial charge in [0, 0.05) is 0 Å². The first-order valence-corrected chi connectivity index (χ1v) is 9.13. The number of imidazole rings is 1. The van der Waals surface area contributed by atoms with E-state index in [9.17, 15) is 18.0 Å². The van der Waals surface area contributed by atoms with Gasteiger partial charge in [0.25, 0.3) is 6.34 Å². The van der Waals surface area contributed by atoms with E-state index in [0.717, 1.165) is 11.9 Å². The first-order chi connectivity index (χ1) is 11.9. The molecule has 0 aliphatic carbocycles. The van der Waals surface area contributed by atoms with Crippen molar-refractivity contribution in [3.63, 3.8) is 0 Å². The average molecular weight is 358 g/mol. The normalized spacial score (nSPS) is 12.0. The average Bonchev–Trinajstić information content (AvgIpc) is 2.88. The van der Waals surface area contributed by atoms with Crippen LogP contribution in [0.1, 0.15) is 5.56 Å². The molecular weight excluding hydrogens is 342 g/mol. The molecule has 0 aliphatic heterocycles. The van der Waals surface area contributed by atoms with Crippen molar-refractivity contribution in [1.29, 1.82) is 0 Å². The summed E-state index contributed by atoms with van der Waals surface area (Å²) < 4.78 is 25.7. The van der Waals surface area contributed by atoms with Gasteiger partial charge in [-0.25, -0.2) is 23.0 Å². The van der Waals surface area contributed by atoms with Gasteiger partial charge < -0.3 is 0 Å². The molecule has 2 N–H and O–H groups in total. The second-order valence-electron chi connectivity index (χ2n) is 5.59. The second-order valence-corrected chi connectivity index (χ2v) is 7.58. The molecule has 25 heavy (non-hydrogen) atoms. The third kappa shape index (κ3) is 3.58. The number of H-pyrrole nitrogens is 1. The Labute approximate surface area is 143 Å². The van der Waals surface area contributed by atoms with E-state index in [4.69, 9.17) is 0 Å². The van der Waals surface area contributed by atoms with Gasteiger partial charge in [0.15, 0.2) is 21.1 Å². The zero-order valence-electron chi connectivity index (χ0n) is 13.4. The van der Waals surface area contributed by atoms with Crippen molar-refractivity contribution in [2.75, 3.05) is 5.75 Å². The predicted molar refractivity (Wildman–Crippen MR) is 93.2 cm³/mol. The van der Waals surface area contributed by atoms with E-state index in [-0.39, 0.29) is 4.90 Å². The fourth-order valence-corrected chi connectivity index (χ4v) is 3.53. The van der Waals surface area contributed by atoms with Crippen molar-refractivity contribution in [1.82, 2.24) is 9.55 Å². The quantitative estimate of drug-likeness (QED) is 0.489. The molecular formula is C17H16N3O4S+. The molecule has 0 saturated carbocycles. The van der Waals surface area contributed by atoms with Gasteiger partial charge in [-0.3, -0.25) is 4.98 Å². The number of amides is 1. The van der Waals surface area contributed by atoms with Crippen LogP contribution in [0, 0.1) is 6.92 Å². The molecule has 1 aromatic heterocycles. The van der Waals surface area contributed by atoms with Gasteiger partial charge in [0.1, 0.15) is 0 Å². The summed E-state index contributed by atoms with van der Waals surface area (Å²) in [7, 11) is -3.75. The van der Waals surface area contributed by atoms with Crippen molar-refractivity contribution in [3.8, 4) is 0 Å². The van der Waals surface area contributed by atoms with Gasteiger partial charge in [-0.15, -0.1) is 4.57 Å². The van der Waals surface area contributed by atoms with Crippen molar-refractivity contribution in [2.45, 2.75) is 11.8 Å². The summed E-state index contributed by atoms with van der Waals surface area (Å²) in [5.74, 6) is -1.43. The number of nitrogens with zero attached hydrogens (tertiary/aromatic N) is 1. The highest BCUT2D eigenvalue weighted by atomic mass is 32.2. The Bertz CT molecular complexity index is 1120. The number of sulfone groups is 1. The number of aromatic amines is 1. The Morgan fingerprint density at radius 1 is 1.16 bits per heavy atom. The van der Waals surface area contributed by atoms with Gasteiger partial charge in [0.2, 0.25) is 0 Å². The highest BCUT2D eigenvalue weighted by Crippen LogP contribution is 2.11. The number of carbonyl (C=O) groups excluding carboxylic acids is 1. The summed E-state index contributed by atoms with van der Waals surface area (Å²) in [5, 5.41) is 0. The minimum atomic E-state index is -3.75. The monoisotopic (exact) mass is 358 g/mol. The lowest BCUT2D eigenvalue weighted by atomic mass is 10.2. The molecule has 0 atom stereocenters. The largest absolute Gasteiger partial charge is 0.418 e. The second kappa shape index (κ2) is 6.48. The summed E-state index contributed by atoms with van der Waals surface area (Å²) in [5.41, 5.74) is 1.69. The summed E-state index contributed by atoms with van der Waals surface area (Å²) in [6.07, 6.45) is 1.16. The van der Waals surface area contributed by atoms with E-state index < -0.39 is 27.2 Å². The number of aryl methyl sites for hydroxylation is 1. The van der Waals surface area contributed by atoms with Crippen LogP contribution in [0.2, 0.25) is 0 Å². The third-order valence-electron chi connectivity index (χ3n) is 3.68. The zero-order chi connectivity index (χ0) is 18.0. The van der Waals surface area contributed by atoms with Crippen LogP contribution in [0.4, 0.5) is 0 Å². The van der Waals surface area contributed by atoms with E-state index >= 15 is 0 Å². The SMILES string of the molecule is Cc1ccc(S(=O)(=O)CC(=O)[NH+]=Cn2c(=O)[nH]c3ccccc32)cc1. The Hall–Kier alpha value is -3.00. The summed E-state index contributed by atoms with van der Waals surface area (Å²) in [6.45, 7) is 1.84. The Morgan fingerprint density at radius 2 is 1.84 bits per heavy atom. The lowest BCUT2D eigenvalue weighted by Crippen LogP contribution is -2.76. The zero-order valence-corrected chi connectivity index (χ0v) is 14.2. The number of fused-ring (bicyclic) bond motifs is 1. The van der Waals surface area contributed by atoms with Crippen LogP contribution in [-0.4, -0.2) is 36.0 Å². The van der Waals surface area contributed by atoms with E-state index in [1.165, 1.54) is 16.7 Å².